The van der Waals surface area contributed by atoms with Gasteiger partial charge < -0.3 is 15.4 Å². The first-order valence-electron chi connectivity index (χ1n) is 7.52. The third kappa shape index (κ3) is 5.05. The van der Waals surface area contributed by atoms with Crippen molar-refractivity contribution in [3.63, 3.8) is 0 Å². The van der Waals surface area contributed by atoms with E-state index in [1.54, 1.807) is 0 Å². The molecule has 1 aromatic carbocycles. The van der Waals surface area contributed by atoms with Crippen LogP contribution in [0.4, 0.5) is 0 Å². The van der Waals surface area contributed by atoms with Crippen molar-refractivity contribution in [1.82, 2.24) is 9.80 Å². The normalized spacial score (nSPS) is 16.3. The van der Waals surface area contributed by atoms with Crippen LogP contribution in [-0.2, 0) is 0 Å². The van der Waals surface area contributed by atoms with Crippen molar-refractivity contribution in [2.75, 3.05) is 52.9 Å². The number of rotatable bonds is 4. The number of nitrogens with zero attached hydrogens (tertiary/aromatic N) is 2. The van der Waals surface area contributed by atoms with E-state index in [1.807, 2.05) is 18.2 Å². The summed E-state index contributed by atoms with van der Waals surface area (Å²) in [5, 5.41) is 0. The number of aryl methyl sites for hydroxylation is 1. The van der Waals surface area contributed by atoms with Gasteiger partial charge in [0, 0.05) is 38.3 Å². The number of hydrogen-bond donors (Lipinski definition) is 1. The van der Waals surface area contributed by atoms with Gasteiger partial charge in [0.15, 0.2) is 0 Å². The van der Waals surface area contributed by atoms with E-state index in [-0.39, 0.29) is 0 Å². The van der Waals surface area contributed by atoms with Crippen LogP contribution in [0.15, 0.2) is 18.2 Å². The quantitative estimate of drug-likeness (QED) is 0.837. The Morgan fingerprint density at radius 2 is 2.00 bits per heavy atom. The molecule has 0 spiro atoms. The zero-order chi connectivity index (χ0) is 15.1. The molecule has 1 fully saturated rings. The summed E-state index contributed by atoms with van der Waals surface area (Å²) in [5.41, 5.74) is 7.50. The third-order valence-electron chi connectivity index (χ3n) is 3.77. The Morgan fingerprint density at radius 3 is 2.67 bits per heavy atom. The Labute approximate surface area is 127 Å². The zero-order valence-corrected chi connectivity index (χ0v) is 13.1. The summed E-state index contributed by atoms with van der Waals surface area (Å²) in [6.45, 7) is 8.72. The zero-order valence-electron chi connectivity index (χ0n) is 13.1. The van der Waals surface area contributed by atoms with E-state index in [1.165, 1.54) is 0 Å². The number of piperazine rings is 1. The Morgan fingerprint density at radius 1 is 1.24 bits per heavy atom. The van der Waals surface area contributed by atoms with Crippen molar-refractivity contribution in [3.05, 3.63) is 29.3 Å². The molecule has 1 aliphatic heterocycles. The third-order valence-corrected chi connectivity index (χ3v) is 3.77. The second-order valence-electron chi connectivity index (χ2n) is 5.48. The van der Waals surface area contributed by atoms with Gasteiger partial charge in [0.2, 0.25) is 0 Å². The van der Waals surface area contributed by atoms with Gasteiger partial charge in [-0.05, 0) is 37.7 Å². The number of likely N-dealkylation sites (N-methyl/N-ethyl adjacent to an activating group) is 1. The molecule has 1 aromatic rings. The highest BCUT2D eigenvalue weighted by Crippen LogP contribution is 2.18. The van der Waals surface area contributed by atoms with E-state index in [0.29, 0.717) is 6.54 Å². The van der Waals surface area contributed by atoms with Gasteiger partial charge in [-0.3, -0.25) is 4.90 Å². The van der Waals surface area contributed by atoms with Crippen LogP contribution in [0.1, 0.15) is 11.1 Å². The standard InChI is InChI=1S/C17H25N3O/c1-15-14-16(4-3-7-18)5-6-17(15)21-13-12-20-10-8-19(2)9-11-20/h5-6,14H,7-13,18H2,1-2H3. The lowest BCUT2D eigenvalue weighted by molar-refractivity contribution is 0.133. The average Bonchev–Trinajstić information content (AvgIpc) is 2.49. The molecule has 2 N–H and O–H groups in total. The Kier molecular flexibility index (Phi) is 6.06. The van der Waals surface area contributed by atoms with Gasteiger partial charge in [0.1, 0.15) is 12.4 Å². The molecule has 1 saturated heterocycles. The molecule has 1 aliphatic rings. The predicted molar refractivity (Wildman–Crippen MR) is 86.5 cm³/mol. The minimum absolute atomic E-state index is 0.391. The summed E-state index contributed by atoms with van der Waals surface area (Å²) in [6.07, 6.45) is 0. The highest BCUT2D eigenvalue weighted by atomic mass is 16.5. The molecule has 21 heavy (non-hydrogen) atoms. The fourth-order valence-electron chi connectivity index (χ4n) is 2.40. The van der Waals surface area contributed by atoms with Crippen LogP contribution in [0.25, 0.3) is 0 Å². The predicted octanol–water partition coefficient (Wildman–Crippen LogP) is 0.931. The first kappa shape index (κ1) is 15.8. The van der Waals surface area contributed by atoms with E-state index < -0.39 is 0 Å². The van der Waals surface area contributed by atoms with Crippen molar-refractivity contribution in [2.45, 2.75) is 6.92 Å². The van der Waals surface area contributed by atoms with Crippen molar-refractivity contribution < 1.29 is 4.74 Å². The van der Waals surface area contributed by atoms with E-state index >= 15 is 0 Å². The number of nitrogens with two attached hydrogens (primary N) is 1. The molecular formula is C17H25N3O. The molecule has 4 nitrogen and oxygen atoms in total. The van der Waals surface area contributed by atoms with Gasteiger partial charge in [-0.2, -0.15) is 0 Å². The lowest BCUT2D eigenvalue weighted by Crippen LogP contribution is -2.45. The summed E-state index contributed by atoms with van der Waals surface area (Å²) >= 11 is 0. The average molecular weight is 287 g/mol. The van der Waals surface area contributed by atoms with Crippen molar-refractivity contribution in [2.24, 2.45) is 5.73 Å². The van der Waals surface area contributed by atoms with Crippen LogP contribution in [0, 0.1) is 18.8 Å². The van der Waals surface area contributed by atoms with Gasteiger partial charge in [0.25, 0.3) is 0 Å². The van der Waals surface area contributed by atoms with E-state index in [2.05, 4.69) is 35.6 Å². The lowest BCUT2D eigenvalue weighted by atomic mass is 10.1. The molecule has 0 unspecified atom stereocenters. The van der Waals surface area contributed by atoms with Gasteiger partial charge in [0.05, 0.1) is 6.54 Å². The van der Waals surface area contributed by atoms with Crippen molar-refractivity contribution >= 4 is 0 Å². The molecule has 114 valence electrons. The number of benzene rings is 1. The molecule has 0 aliphatic carbocycles. The molecule has 2 rings (SSSR count). The smallest absolute Gasteiger partial charge is 0.122 e. The highest BCUT2D eigenvalue weighted by molar-refractivity contribution is 5.43. The lowest BCUT2D eigenvalue weighted by Gasteiger charge is -2.32. The summed E-state index contributed by atoms with van der Waals surface area (Å²) in [7, 11) is 2.17. The second-order valence-corrected chi connectivity index (χ2v) is 5.48. The fourth-order valence-corrected chi connectivity index (χ4v) is 2.40. The van der Waals surface area contributed by atoms with Gasteiger partial charge in [-0.25, -0.2) is 0 Å². The topological polar surface area (TPSA) is 41.7 Å². The van der Waals surface area contributed by atoms with Crippen LogP contribution < -0.4 is 10.5 Å². The van der Waals surface area contributed by atoms with Crippen molar-refractivity contribution in [3.8, 4) is 17.6 Å². The molecule has 0 saturated carbocycles. The van der Waals surface area contributed by atoms with Crippen LogP contribution in [0.5, 0.6) is 5.75 Å². The van der Waals surface area contributed by atoms with Crippen LogP contribution in [-0.4, -0.2) is 62.7 Å². The monoisotopic (exact) mass is 287 g/mol. The van der Waals surface area contributed by atoms with Crippen LogP contribution in [0.3, 0.4) is 0 Å². The van der Waals surface area contributed by atoms with E-state index in [4.69, 9.17) is 10.5 Å². The maximum atomic E-state index is 5.90. The second kappa shape index (κ2) is 8.04. The maximum absolute atomic E-state index is 5.90. The van der Waals surface area contributed by atoms with Gasteiger partial charge >= 0.3 is 0 Å². The molecular weight excluding hydrogens is 262 g/mol. The first-order chi connectivity index (χ1) is 10.2. The Hall–Kier alpha value is -1.54. The largest absolute Gasteiger partial charge is 0.492 e. The molecule has 0 radical (unpaired) electrons. The molecule has 0 bridgehead atoms. The molecule has 0 aromatic heterocycles. The van der Waals surface area contributed by atoms with Crippen LogP contribution in [0.2, 0.25) is 0 Å². The highest BCUT2D eigenvalue weighted by Gasteiger charge is 2.13. The van der Waals surface area contributed by atoms with Gasteiger partial charge in [-0.1, -0.05) is 11.8 Å². The van der Waals surface area contributed by atoms with Crippen LogP contribution >= 0.6 is 0 Å². The summed E-state index contributed by atoms with van der Waals surface area (Å²) in [4.78, 5) is 4.82. The molecule has 4 heteroatoms. The van der Waals surface area contributed by atoms with Gasteiger partial charge in [-0.15, -0.1) is 0 Å². The minimum Gasteiger partial charge on any atom is -0.492 e. The fraction of sp³-hybridized carbons (Fsp3) is 0.529. The summed E-state index contributed by atoms with van der Waals surface area (Å²) in [5.74, 6) is 6.85. The molecule has 0 amide bonds. The maximum Gasteiger partial charge on any atom is 0.122 e. The van der Waals surface area contributed by atoms with Crippen molar-refractivity contribution in [1.29, 1.82) is 0 Å². The molecule has 1 heterocycles. The summed E-state index contributed by atoms with van der Waals surface area (Å²) < 4.78 is 5.90. The Bertz CT molecular complexity index is 511. The summed E-state index contributed by atoms with van der Waals surface area (Å²) in [6, 6.07) is 6.04. The van der Waals surface area contributed by atoms with E-state index in [9.17, 15) is 0 Å². The number of hydrogen-bond acceptors (Lipinski definition) is 4. The Balaban J connectivity index is 1.80. The SMILES string of the molecule is Cc1cc(C#CCN)ccc1OCCN1CCN(C)CC1. The minimum atomic E-state index is 0.391. The number of ether oxygens (including phenoxy) is 1. The first-order valence-corrected chi connectivity index (χ1v) is 7.52. The van der Waals surface area contributed by atoms with E-state index in [0.717, 1.165) is 56.2 Å². The molecule has 0 atom stereocenters.